The summed E-state index contributed by atoms with van der Waals surface area (Å²) in [5, 5.41) is 2.60. The number of imide groups is 1. The molecule has 0 saturated carbocycles. The van der Waals surface area contributed by atoms with Crippen molar-refractivity contribution >= 4 is 23.7 Å². The second-order valence-electron chi connectivity index (χ2n) is 4.37. The van der Waals surface area contributed by atoms with Gasteiger partial charge >= 0.3 is 6.03 Å². The monoisotopic (exact) mass is 264 g/mol. The van der Waals surface area contributed by atoms with Gasteiger partial charge in [-0.3, -0.25) is 4.79 Å². The maximum Gasteiger partial charge on any atom is 0.333 e. The first kappa shape index (κ1) is 12.2. The predicted molar refractivity (Wildman–Crippen MR) is 76.9 cm³/mol. The van der Waals surface area contributed by atoms with Gasteiger partial charge in [0.15, 0.2) is 0 Å². The molecule has 1 aliphatic heterocycles. The molecule has 0 atom stereocenters. The Balaban J connectivity index is 1.93. The van der Waals surface area contributed by atoms with E-state index < -0.39 is 6.03 Å². The minimum atomic E-state index is -0.427. The van der Waals surface area contributed by atoms with E-state index in [9.17, 15) is 9.59 Å². The number of nitrogens with one attached hydrogen (secondary N) is 1. The lowest BCUT2D eigenvalue weighted by Gasteiger charge is -2.10. The Labute approximate surface area is 116 Å². The normalized spacial score (nSPS) is 16.6. The number of benzene rings is 2. The maximum atomic E-state index is 12.3. The van der Waals surface area contributed by atoms with Gasteiger partial charge in [-0.15, -0.1) is 0 Å². The molecule has 4 heteroatoms. The zero-order chi connectivity index (χ0) is 13.9. The van der Waals surface area contributed by atoms with Gasteiger partial charge < -0.3 is 5.32 Å². The average molecular weight is 264 g/mol. The Kier molecular flexibility index (Phi) is 3.05. The van der Waals surface area contributed by atoms with E-state index in [1.54, 1.807) is 30.3 Å². The Morgan fingerprint density at radius 3 is 2.10 bits per heavy atom. The number of carbonyl (C=O) groups excluding carboxylic acids is 2. The third-order valence-corrected chi connectivity index (χ3v) is 3.00. The zero-order valence-corrected chi connectivity index (χ0v) is 10.6. The van der Waals surface area contributed by atoms with E-state index in [1.165, 1.54) is 0 Å². The smallest absolute Gasteiger partial charge is 0.302 e. The van der Waals surface area contributed by atoms with Crippen molar-refractivity contribution in [1.82, 2.24) is 5.32 Å². The van der Waals surface area contributed by atoms with Crippen molar-refractivity contribution in [1.29, 1.82) is 0 Å². The molecule has 1 fully saturated rings. The molecule has 0 radical (unpaired) electrons. The van der Waals surface area contributed by atoms with Gasteiger partial charge in [-0.25, -0.2) is 9.69 Å². The van der Waals surface area contributed by atoms with Crippen molar-refractivity contribution < 1.29 is 9.59 Å². The van der Waals surface area contributed by atoms with E-state index in [1.807, 2.05) is 36.4 Å². The van der Waals surface area contributed by atoms with Gasteiger partial charge in [0, 0.05) is 0 Å². The number of amides is 3. The number of anilines is 1. The number of carbonyl (C=O) groups is 2. The first-order chi connectivity index (χ1) is 9.75. The topological polar surface area (TPSA) is 49.4 Å². The molecule has 20 heavy (non-hydrogen) atoms. The lowest BCUT2D eigenvalue weighted by molar-refractivity contribution is -0.113. The molecule has 4 nitrogen and oxygen atoms in total. The third-order valence-electron chi connectivity index (χ3n) is 3.00. The summed E-state index contributed by atoms with van der Waals surface area (Å²) in [6.07, 6.45) is 1.67. The number of hydrogen-bond acceptors (Lipinski definition) is 2. The van der Waals surface area contributed by atoms with E-state index in [0.29, 0.717) is 5.69 Å². The number of para-hydroxylation sites is 1. The SMILES string of the molecule is O=C1N/C(=C/c2ccccc2)C(=O)N1c1ccccc1. The minimum absolute atomic E-state index is 0.282. The lowest BCUT2D eigenvalue weighted by Crippen LogP contribution is -2.30. The Morgan fingerprint density at radius 1 is 0.850 bits per heavy atom. The average Bonchev–Trinajstić information content (AvgIpc) is 2.75. The number of hydrogen-bond donors (Lipinski definition) is 1. The highest BCUT2D eigenvalue weighted by atomic mass is 16.2. The predicted octanol–water partition coefficient (Wildman–Crippen LogP) is 2.78. The number of rotatable bonds is 2. The highest BCUT2D eigenvalue weighted by molar-refractivity contribution is 6.28. The quantitative estimate of drug-likeness (QED) is 0.669. The Hall–Kier alpha value is -2.88. The molecule has 98 valence electrons. The van der Waals surface area contributed by atoms with Crippen LogP contribution in [0.4, 0.5) is 10.5 Å². The highest BCUT2D eigenvalue weighted by Crippen LogP contribution is 2.21. The van der Waals surface area contributed by atoms with E-state index in [2.05, 4.69) is 5.32 Å². The van der Waals surface area contributed by atoms with Crippen molar-refractivity contribution in [3.05, 3.63) is 71.9 Å². The van der Waals surface area contributed by atoms with Gasteiger partial charge in [0.25, 0.3) is 5.91 Å². The van der Waals surface area contributed by atoms with Crippen LogP contribution in [0.5, 0.6) is 0 Å². The standard InChI is InChI=1S/C16H12N2O2/c19-15-14(11-12-7-3-1-4-8-12)17-16(20)18(15)13-9-5-2-6-10-13/h1-11H,(H,17,20)/b14-11+. The zero-order valence-electron chi connectivity index (χ0n) is 10.6. The van der Waals surface area contributed by atoms with Gasteiger partial charge in [-0.05, 0) is 23.8 Å². The summed E-state index contributed by atoms with van der Waals surface area (Å²) in [7, 11) is 0. The van der Waals surface area contributed by atoms with Crippen molar-refractivity contribution in [2.75, 3.05) is 4.90 Å². The first-order valence-corrected chi connectivity index (χ1v) is 6.23. The Morgan fingerprint density at radius 2 is 1.45 bits per heavy atom. The molecule has 0 spiro atoms. The lowest BCUT2D eigenvalue weighted by atomic mass is 10.2. The summed E-state index contributed by atoms with van der Waals surface area (Å²) in [5.41, 5.74) is 1.71. The molecule has 1 saturated heterocycles. The molecule has 2 aromatic rings. The molecule has 1 heterocycles. The van der Waals surface area contributed by atoms with Crippen LogP contribution in [0.15, 0.2) is 66.4 Å². The van der Waals surface area contributed by atoms with Gasteiger partial charge in [0.05, 0.1) is 5.69 Å². The summed E-state index contributed by atoms with van der Waals surface area (Å²) >= 11 is 0. The van der Waals surface area contributed by atoms with Crippen LogP contribution in [0, 0.1) is 0 Å². The van der Waals surface area contributed by atoms with Gasteiger partial charge in [0.2, 0.25) is 0 Å². The second kappa shape index (κ2) is 5.01. The van der Waals surface area contributed by atoms with E-state index in [-0.39, 0.29) is 11.6 Å². The van der Waals surface area contributed by atoms with Crippen LogP contribution < -0.4 is 10.2 Å². The molecule has 2 aromatic carbocycles. The molecule has 0 aliphatic carbocycles. The summed E-state index contributed by atoms with van der Waals surface area (Å²) in [6.45, 7) is 0. The molecule has 1 N–H and O–H groups in total. The summed E-state index contributed by atoms with van der Waals surface area (Å²) in [4.78, 5) is 25.4. The molecule has 3 rings (SSSR count). The van der Waals surface area contributed by atoms with Crippen LogP contribution in [0.3, 0.4) is 0 Å². The van der Waals surface area contributed by atoms with Gasteiger partial charge in [-0.2, -0.15) is 0 Å². The third kappa shape index (κ3) is 2.19. The number of urea groups is 1. The maximum absolute atomic E-state index is 12.3. The molecule has 1 aliphatic rings. The molecule has 3 amide bonds. The molecular formula is C16H12N2O2. The molecule has 0 unspecified atom stereocenters. The van der Waals surface area contributed by atoms with Crippen LogP contribution in [0.1, 0.15) is 5.56 Å². The van der Waals surface area contributed by atoms with Crippen molar-refractivity contribution in [2.24, 2.45) is 0 Å². The highest BCUT2D eigenvalue weighted by Gasteiger charge is 2.34. The second-order valence-corrected chi connectivity index (χ2v) is 4.37. The summed E-state index contributed by atoms with van der Waals surface area (Å²) in [5.74, 6) is -0.343. The first-order valence-electron chi connectivity index (χ1n) is 6.23. The van der Waals surface area contributed by atoms with Gasteiger partial charge in [0.1, 0.15) is 5.70 Å². The van der Waals surface area contributed by atoms with Crippen LogP contribution in [-0.4, -0.2) is 11.9 Å². The van der Waals surface area contributed by atoms with Crippen LogP contribution >= 0.6 is 0 Å². The summed E-state index contributed by atoms with van der Waals surface area (Å²) < 4.78 is 0. The largest absolute Gasteiger partial charge is 0.333 e. The van der Waals surface area contributed by atoms with Crippen molar-refractivity contribution in [2.45, 2.75) is 0 Å². The van der Waals surface area contributed by atoms with Crippen LogP contribution in [0.25, 0.3) is 6.08 Å². The summed E-state index contributed by atoms with van der Waals surface area (Å²) in [6, 6.07) is 17.8. The van der Waals surface area contributed by atoms with Crippen molar-refractivity contribution in [3.63, 3.8) is 0 Å². The number of nitrogens with zero attached hydrogens (tertiary/aromatic N) is 1. The molecule has 0 bridgehead atoms. The van der Waals surface area contributed by atoms with Gasteiger partial charge in [-0.1, -0.05) is 48.5 Å². The van der Waals surface area contributed by atoms with E-state index in [4.69, 9.17) is 0 Å². The minimum Gasteiger partial charge on any atom is -0.302 e. The van der Waals surface area contributed by atoms with Crippen LogP contribution in [-0.2, 0) is 4.79 Å². The fraction of sp³-hybridized carbons (Fsp3) is 0. The fourth-order valence-corrected chi connectivity index (χ4v) is 2.06. The Bertz CT molecular complexity index is 678. The molecule has 0 aromatic heterocycles. The fourth-order valence-electron chi connectivity index (χ4n) is 2.06. The van der Waals surface area contributed by atoms with E-state index in [0.717, 1.165) is 10.5 Å². The van der Waals surface area contributed by atoms with Crippen LogP contribution in [0.2, 0.25) is 0 Å². The van der Waals surface area contributed by atoms with Crippen molar-refractivity contribution in [3.8, 4) is 0 Å². The molecular weight excluding hydrogens is 252 g/mol. The van der Waals surface area contributed by atoms with E-state index >= 15 is 0 Å².